The zero-order valence-electron chi connectivity index (χ0n) is 9.05. The Bertz CT molecular complexity index is 370. The van der Waals surface area contributed by atoms with E-state index in [1.165, 1.54) is 44.5 Å². The molecule has 0 unspecified atom stereocenters. The van der Waals surface area contributed by atoms with Gasteiger partial charge in [0.25, 0.3) is 0 Å². The highest BCUT2D eigenvalue weighted by molar-refractivity contribution is 5.55. The third-order valence-corrected chi connectivity index (χ3v) is 3.68. The molecule has 0 spiro atoms. The van der Waals surface area contributed by atoms with Crippen molar-refractivity contribution in [3.63, 3.8) is 0 Å². The van der Waals surface area contributed by atoms with Crippen LogP contribution in [0.5, 0.6) is 0 Å². The van der Waals surface area contributed by atoms with Crippen molar-refractivity contribution < 1.29 is 0 Å². The van der Waals surface area contributed by atoms with E-state index >= 15 is 0 Å². The van der Waals surface area contributed by atoms with Crippen LogP contribution >= 0.6 is 0 Å². The number of H-pyrrole nitrogens is 1. The number of aromatic amines is 1. The van der Waals surface area contributed by atoms with Crippen LogP contribution in [-0.4, -0.2) is 18.1 Å². The Labute approximate surface area is 90.8 Å². The first-order valence-electron chi connectivity index (χ1n) is 6.02. The fraction of sp³-hybridized carbons (Fsp3) is 0.538. The number of aromatic nitrogens is 1. The van der Waals surface area contributed by atoms with Gasteiger partial charge in [-0.05, 0) is 61.9 Å². The molecule has 0 atom stereocenters. The Morgan fingerprint density at radius 3 is 2.93 bits per heavy atom. The first-order chi connectivity index (χ1) is 7.45. The summed E-state index contributed by atoms with van der Waals surface area (Å²) in [6.07, 6.45) is 11.8. The van der Waals surface area contributed by atoms with Crippen LogP contribution in [0.4, 0.5) is 0 Å². The van der Waals surface area contributed by atoms with Gasteiger partial charge in [-0.25, -0.2) is 0 Å². The average molecular weight is 202 g/mol. The predicted octanol–water partition coefficient (Wildman–Crippen LogP) is 2.44. The molecular weight excluding hydrogens is 184 g/mol. The maximum Gasteiger partial charge on any atom is 0.0412 e. The summed E-state index contributed by atoms with van der Waals surface area (Å²) in [7, 11) is 0. The summed E-state index contributed by atoms with van der Waals surface area (Å²) in [5.41, 5.74) is 4.54. The summed E-state index contributed by atoms with van der Waals surface area (Å²) < 4.78 is 0. The van der Waals surface area contributed by atoms with E-state index in [-0.39, 0.29) is 0 Å². The van der Waals surface area contributed by atoms with Gasteiger partial charge in [-0.1, -0.05) is 6.08 Å². The van der Waals surface area contributed by atoms with E-state index in [9.17, 15) is 0 Å². The zero-order valence-corrected chi connectivity index (χ0v) is 9.05. The number of rotatable bonds is 1. The molecule has 0 amide bonds. The minimum atomic E-state index is 0.790. The molecule has 1 saturated heterocycles. The van der Waals surface area contributed by atoms with Crippen molar-refractivity contribution in [2.75, 3.05) is 13.1 Å². The molecule has 3 rings (SSSR count). The lowest BCUT2D eigenvalue weighted by Gasteiger charge is -2.23. The van der Waals surface area contributed by atoms with Crippen molar-refractivity contribution in [1.29, 1.82) is 0 Å². The average Bonchev–Trinajstić information content (AvgIpc) is 2.74. The topological polar surface area (TPSA) is 27.8 Å². The van der Waals surface area contributed by atoms with Crippen LogP contribution in [0.1, 0.15) is 42.0 Å². The second-order valence-corrected chi connectivity index (χ2v) is 4.60. The van der Waals surface area contributed by atoms with Crippen molar-refractivity contribution in [2.24, 2.45) is 0 Å². The van der Waals surface area contributed by atoms with Crippen LogP contribution in [-0.2, 0) is 6.42 Å². The SMILES string of the molecule is C1=Cc2[nH]cc(C3CCNCC3)c2CC1. The van der Waals surface area contributed by atoms with E-state index in [1.54, 1.807) is 11.1 Å². The smallest absolute Gasteiger partial charge is 0.0412 e. The van der Waals surface area contributed by atoms with Crippen molar-refractivity contribution in [3.8, 4) is 0 Å². The molecule has 1 aromatic heterocycles. The number of piperidine rings is 1. The van der Waals surface area contributed by atoms with E-state index in [0.29, 0.717) is 0 Å². The Morgan fingerprint density at radius 1 is 1.20 bits per heavy atom. The third kappa shape index (κ3) is 1.63. The Hall–Kier alpha value is -1.02. The second-order valence-electron chi connectivity index (χ2n) is 4.60. The predicted molar refractivity (Wildman–Crippen MR) is 63.0 cm³/mol. The maximum atomic E-state index is 3.43. The molecule has 15 heavy (non-hydrogen) atoms. The molecule has 1 aliphatic carbocycles. The normalized spacial score (nSPS) is 21.6. The Balaban J connectivity index is 1.91. The van der Waals surface area contributed by atoms with Crippen LogP contribution < -0.4 is 5.32 Å². The summed E-state index contributed by atoms with van der Waals surface area (Å²) >= 11 is 0. The van der Waals surface area contributed by atoms with Crippen LogP contribution in [0.25, 0.3) is 6.08 Å². The number of hydrogen-bond acceptors (Lipinski definition) is 1. The lowest BCUT2D eigenvalue weighted by molar-refractivity contribution is 0.458. The van der Waals surface area contributed by atoms with E-state index in [1.807, 2.05) is 0 Å². The highest BCUT2D eigenvalue weighted by Crippen LogP contribution is 2.32. The van der Waals surface area contributed by atoms with Gasteiger partial charge in [0.15, 0.2) is 0 Å². The van der Waals surface area contributed by atoms with Crippen LogP contribution in [0.3, 0.4) is 0 Å². The lowest BCUT2D eigenvalue weighted by atomic mass is 9.87. The van der Waals surface area contributed by atoms with Gasteiger partial charge < -0.3 is 10.3 Å². The molecule has 0 aromatic carbocycles. The second kappa shape index (κ2) is 3.86. The minimum absolute atomic E-state index is 0.790. The van der Waals surface area contributed by atoms with E-state index in [2.05, 4.69) is 28.6 Å². The van der Waals surface area contributed by atoms with Gasteiger partial charge in [-0.15, -0.1) is 0 Å². The summed E-state index contributed by atoms with van der Waals surface area (Å²) in [4.78, 5) is 3.42. The Morgan fingerprint density at radius 2 is 2.07 bits per heavy atom. The fourth-order valence-corrected chi connectivity index (χ4v) is 2.84. The first-order valence-corrected chi connectivity index (χ1v) is 6.02. The number of fused-ring (bicyclic) bond motifs is 1. The molecule has 2 N–H and O–H groups in total. The van der Waals surface area contributed by atoms with E-state index in [0.717, 1.165) is 5.92 Å². The molecule has 2 heteroatoms. The maximum absolute atomic E-state index is 3.43. The Kier molecular flexibility index (Phi) is 2.37. The number of allylic oxidation sites excluding steroid dienone is 1. The fourth-order valence-electron chi connectivity index (χ4n) is 2.84. The highest BCUT2D eigenvalue weighted by atomic mass is 14.9. The van der Waals surface area contributed by atoms with Crippen molar-refractivity contribution in [2.45, 2.75) is 31.6 Å². The molecule has 0 saturated carbocycles. The number of hydrogen-bond donors (Lipinski definition) is 2. The molecule has 80 valence electrons. The third-order valence-electron chi connectivity index (χ3n) is 3.68. The van der Waals surface area contributed by atoms with Gasteiger partial charge in [0.05, 0.1) is 0 Å². The molecule has 2 heterocycles. The van der Waals surface area contributed by atoms with Gasteiger partial charge in [-0.3, -0.25) is 0 Å². The monoisotopic (exact) mass is 202 g/mol. The van der Waals surface area contributed by atoms with Gasteiger partial charge >= 0.3 is 0 Å². The van der Waals surface area contributed by atoms with Gasteiger partial charge in [0.1, 0.15) is 0 Å². The highest BCUT2D eigenvalue weighted by Gasteiger charge is 2.21. The molecule has 1 aromatic rings. The van der Waals surface area contributed by atoms with Crippen molar-refractivity contribution in [1.82, 2.24) is 10.3 Å². The summed E-state index contributed by atoms with van der Waals surface area (Å²) in [6, 6.07) is 0. The van der Waals surface area contributed by atoms with E-state index < -0.39 is 0 Å². The molecule has 2 aliphatic rings. The largest absolute Gasteiger partial charge is 0.361 e. The summed E-state index contributed by atoms with van der Waals surface area (Å²) in [5.74, 6) is 0.790. The molecule has 0 radical (unpaired) electrons. The number of nitrogens with one attached hydrogen (secondary N) is 2. The molecule has 0 bridgehead atoms. The van der Waals surface area contributed by atoms with Gasteiger partial charge in [0, 0.05) is 11.9 Å². The zero-order chi connectivity index (χ0) is 10.1. The lowest BCUT2D eigenvalue weighted by Crippen LogP contribution is -2.26. The van der Waals surface area contributed by atoms with Crippen LogP contribution in [0.2, 0.25) is 0 Å². The van der Waals surface area contributed by atoms with Crippen LogP contribution in [0.15, 0.2) is 12.3 Å². The summed E-state index contributed by atoms with van der Waals surface area (Å²) in [6.45, 7) is 2.36. The molecular formula is C13H18N2. The van der Waals surface area contributed by atoms with E-state index in [4.69, 9.17) is 0 Å². The summed E-state index contributed by atoms with van der Waals surface area (Å²) in [5, 5.41) is 3.43. The molecule has 2 nitrogen and oxygen atoms in total. The molecule has 1 aliphatic heterocycles. The first kappa shape index (κ1) is 9.22. The van der Waals surface area contributed by atoms with Crippen molar-refractivity contribution >= 4 is 6.08 Å². The standard InChI is InChI=1S/C13H18N2/c1-2-4-13-11(3-1)12(9-15-13)10-5-7-14-8-6-10/h2,4,9-10,14-15H,1,3,5-8H2. The minimum Gasteiger partial charge on any atom is -0.361 e. The van der Waals surface area contributed by atoms with Gasteiger partial charge in [0.2, 0.25) is 0 Å². The van der Waals surface area contributed by atoms with Crippen molar-refractivity contribution in [3.05, 3.63) is 29.1 Å². The quantitative estimate of drug-likeness (QED) is 0.719. The van der Waals surface area contributed by atoms with Crippen LogP contribution in [0, 0.1) is 0 Å². The van der Waals surface area contributed by atoms with Gasteiger partial charge in [-0.2, -0.15) is 0 Å². The molecule has 1 fully saturated rings.